The molecule has 0 aromatic carbocycles. The minimum Gasteiger partial charge on any atom is -0.402 e. The van der Waals surface area contributed by atoms with Gasteiger partial charge in [-0.3, -0.25) is 4.99 Å². The van der Waals surface area contributed by atoms with E-state index in [1.807, 2.05) is 0 Å². The van der Waals surface area contributed by atoms with Crippen molar-refractivity contribution in [2.45, 2.75) is 0 Å². The van der Waals surface area contributed by atoms with Crippen molar-refractivity contribution in [3.05, 3.63) is 12.0 Å². The van der Waals surface area contributed by atoms with E-state index < -0.39 is 0 Å². The van der Waals surface area contributed by atoms with Gasteiger partial charge < -0.3 is 11.1 Å². The molecule has 0 fully saturated rings. The van der Waals surface area contributed by atoms with Gasteiger partial charge in [-0.2, -0.15) is 0 Å². The summed E-state index contributed by atoms with van der Waals surface area (Å²) >= 11 is 0. The molecule has 0 unspecified atom stereocenters. The van der Waals surface area contributed by atoms with Gasteiger partial charge in [-0.15, -0.1) is 0 Å². The van der Waals surface area contributed by atoms with Crippen molar-refractivity contribution in [3.63, 3.8) is 0 Å². The lowest BCUT2D eigenvalue weighted by molar-refractivity contribution is 0.958. The molecule has 0 spiro atoms. The quantitative estimate of drug-likeness (QED) is 0.402. The van der Waals surface area contributed by atoms with Crippen LogP contribution in [0.4, 0.5) is 0 Å². The van der Waals surface area contributed by atoms with Crippen LogP contribution >= 0.6 is 0 Å². The Hall–Kier alpha value is -1.32. The van der Waals surface area contributed by atoms with Gasteiger partial charge in [0.25, 0.3) is 0 Å². The number of hydrogen-bond acceptors (Lipinski definition) is 3. The summed E-state index contributed by atoms with van der Waals surface area (Å²) in [5.74, 6) is 0.572. The first-order valence-electron chi connectivity index (χ1n) is 2.43. The van der Waals surface area contributed by atoms with Gasteiger partial charge in [-0.25, -0.2) is 4.99 Å². The van der Waals surface area contributed by atoms with Crippen LogP contribution in [0.1, 0.15) is 0 Å². The van der Waals surface area contributed by atoms with Crippen LogP contribution in [0.2, 0.25) is 0 Å². The second kappa shape index (κ2) is 4.83. The SMILES string of the molecule is C=N/C=N\C(=C\N)NC. The highest BCUT2D eigenvalue weighted by molar-refractivity contribution is 5.63. The minimum atomic E-state index is 0.572. The van der Waals surface area contributed by atoms with Crippen LogP contribution in [0.3, 0.4) is 0 Å². The maximum Gasteiger partial charge on any atom is 0.143 e. The molecule has 0 atom stereocenters. The smallest absolute Gasteiger partial charge is 0.143 e. The van der Waals surface area contributed by atoms with Gasteiger partial charge in [0.05, 0.1) is 0 Å². The van der Waals surface area contributed by atoms with Crippen molar-refractivity contribution in [1.29, 1.82) is 0 Å². The highest BCUT2D eigenvalue weighted by atomic mass is 15.0. The largest absolute Gasteiger partial charge is 0.402 e. The van der Waals surface area contributed by atoms with Gasteiger partial charge in [0.2, 0.25) is 0 Å². The molecule has 3 N–H and O–H groups in total. The predicted molar refractivity (Wildman–Crippen MR) is 39.4 cm³/mol. The molecule has 9 heavy (non-hydrogen) atoms. The topological polar surface area (TPSA) is 62.8 Å². The molecule has 0 aromatic rings. The molecule has 0 amide bonds. The molecule has 0 aromatic heterocycles. The Kier molecular flexibility index (Phi) is 4.12. The third-order valence-electron chi connectivity index (χ3n) is 0.692. The zero-order chi connectivity index (χ0) is 7.11. The lowest BCUT2D eigenvalue weighted by Gasteiger charge is -1.93. The molecule has 0 heterocycles. The van der Waals surface area contributed by atoms with Gasteiger partial charge >= 0.3 is 0 Å². The van der Waals surface area contributed by atoms with Gasteiger partial charge in [0.1, 0.15) is 12.2 Å². The summed E-state index contributed by atoms with van der Waals surface area (Å²) < 4.78 is 0. The average molecular weight is 126 g/mol. The predicted octanol–water partition coefficient (Wildman–Crippen LogP) is -0.308. The molecule has 0 saturated heterocycles. The van der Waals surface area contributed by atoms with Gasteiger partial charge in [0, 0.05) is 13.2 Å². The molecule has 50 valence electrons. The fraction of sp³-hybridized carbons (Fsp3) is 0.200. The molecule has 0 rings (SSSR count). The van der Waals surface area contributed by atoms with Crippen molar-refractivity contribution >= 4 is 13.1 Å². The summed E-state index contributed by atoms with van der Waals surface area (Å²) in [5, 5.41) is 2.74. The molecule has 0 radical (unpaired) electrons. The van der Waals surface area contributed by atoms with E-state index in [0.29, 0.717) is 5.82 Å². The number of nitrogens with zero attached hydrogens (tertiary/aromatic N) is 2. The Balaban J connectivity index is 3.84. The van der Waals surface area contributed by atoms with E-state index in [4.69, 9.17) is 5.73 Å². The van der Waals surface area contributed by atoms with Crippen LogP contribution in [-0.4, -0.2) is 20.1 Å². The number of aliphatic imine (C=N–C) groups is 2. The molecule has 4 nitrogen and oxygen atoms in total. The highest BCUT2D eigenvalue weighted by Gasteiger charge is 1.80. The van der Waals surface area contributed by atoms with E-state index in [2.05, 4.69) is 22.0 Å². The Labute approximate surface area is 54.2 Å². The van der Waals surface area contributed by atoms with E-state index in [9.17, 15) is 0 Å². The molecule has 0 saturated carbocycles. The van der Waals surface area contributed by atoms with Crippen LogP contribution < -0.4 is 11.1 Å². The first-order chi connectivity index (χ1) is 4.35. The van der Waals surface area contributed by atoms with Crippen LogP contribution in [0, 0.1) is 0 Å². The van der Waals surface area contributed by atoms with Crippen molar-refractivity contribution in [2.75, 3.05) is 7.05 Å². The number of hydrogen-bond donors (Lipinski definition) is 2. The third-order valence-corrected chi connectivity index (χ3v) is 0.692. The van der Waals surface area contributed by atoms with Crippen molar-refractivity contribution in [1.82, 2.24) is 5.32 Å². The van der Waals surface area contributed by atoms with Crippen molar-refractivity contribution < 1.29 is 0 Å². The van der Waals surface area contributed by atoms with Crippen LogP contribution in [-0.2, 0) is 0 Å². The third kappa shape index (κ3) is 3.28. The Morgan fingerprint density at radius 1 is 1.78 bits per heavy atom. The Bertz CT molecular complexity index is 136. The number of nitrogens with one attached hydrogen (secondary N) is 1. The molecule has 0 aliphatic heterocycles. The van der Waals surface area contributed by atoms with Crippen molar-refractivity contribution in [2.24, 2.45) is 15.7 Å². The first kappa shape index (κ1) is 7.68. The fourth-order valence-corrected chi connectivity index (χ4v) is 0.294. The second-order valence-electron chi connectivity index (χ2n) is 1.23. The van der Waals surface area contributed by atoms with Gasteiger partial charge in [-0.05, 0) is 6.72 Å². The zero-order valence-corrected chi connectivity index (χ0v) is 5.33. The van der Waals surface area contributed by atoms with E-state index in [1.165, 1.54) is 12.5 Å². The molecule has 0 bridgehead atoms. The van der Waals surface area contributed by atoms with Crippen molar-refractivity contribution in [3.8, 4) is 0 Å². The molecule has 0 aliphatic carbocycles. The highest BCUT2D eigenvalue weighted by Crippen LogP contribution is 1.82. The maximum atomic E-state index is 5.12. The van der Waals surface area contributed by atoms with E-state index in [1.54, 1.807) is 7.05 Å². The Morgan fingerprint density at radius 2 is 2.44 bits per heavy atom. The average Bonchev–Trinajstić information content (AvgIpc) is 1.91. The lowest BCUT2D eigenvalue weighted by atomic mass is 10.7. The van der Waals surface area contributed by atoms with Crippen LogP contribution in [0.25, 0.3) is 0 Å². The monoisotopic (exact) mass is 126 g/mol. The Morgan fingerprint density at radius 3 is 2.78 bits per heavy atom. The normalized spacial score (nSPS) is 11.9. The van der Waals surface area contributed by atoms with E-state index >= 15 is 0 Å². The number of rotatable bonds is 3. The summed E-state index contributed by atoms with van der Waals surface area (Å²) in [6.07, 6.45) is 2.66. The summed E-state index contributed by atoms with van der Waals surface area (Å²) in [5.41, 5.74) is 5.12. The first-order valence-corrected chi connectivity index (χ1v) is 2.43. The van der Waals surface area contributed by atoms with Crippen LogP contribution in [0.5, 0.6) is 0 Å². The molecular formula is C5H10N4. The standard InChI is InChI=1S/C5H10N4/c1-7-4-9-5(3-6)8-2/h3-4,8H,1,6H2,2H3/b5-3+,9-4-. The second-order valence-corrected chi connectivity index (χ2v) is 1.23. The molecule has 4 heteroatoms. The summed E-state index contributed by atoms with van der Waals surface area (Å²) in [4.78, 5) is 7.14. The summed E-state index contributed by atoms with van der Waals surface area (Å²) in [6, 6.07) is 0. The summed E-state index contributed by atoms with van der Waals surface area (Å²) in [7, 11) is 1.72. The number of nitrogens with two attached hydrogens (primary N) is 1. The molecular weight excluding hydrogens is 116 g/mol. The van der Waals surface area contributed by atoms with Crippen LogP contribution in [0.15, 0.2) is 22.0 Å². The van der Waals surface area contributed by atoms with Gasteiger partial charge in [-0.1, -0.05) is 0 Å². The fourth-order valence-electron chi connectivity index (χ4n) is 0.294. The maximum absolute atomic E-state index is 5.12. The zero-order valence-electron chi connectivity index (χ0n) is 5.33. The van der Waals surface area contributed by atoms with E-state index in [-0.39, 0.29) is 0 Å². The lowest BCUT2D eigenvalue weighted by Crippen LogP contribution is -2.05. The minimum absolute atomic E-state index is 0.572. The molecule has 0 aliphatic rings. The van der Waals surface area contributed by atoms with Gasteiger partial charge in [0.15, 0.2) is 0 Å². The van der Waals surface area contributed by atoms with E-state index in [0.717, 1.165) is 0 Å². The summed E-state index contributed by atoms with van der Waals surface area (Å²) in [6.45, 7) is 3.21.